The van der Waals surface area contributed by atoms with E-state index in [0.717, 1.165) is 24.6 Å². The van der Waals surface area contributed by atoms with Crippen LogP contribution >= 0.6 is 12.4 Å². The van der Waals surface area contributed by atoms with Crippen LogP contribution in [0.15, 0.2) is 18.2 Å². The molecule has 1 saturated heterocycles. The first-order valence-electron chi connectivity index (χ1n) is 6.30. The molecule has 1 aliphatic heterocycles. The maximum atomic E-state index is 5.87. The lowest BCUT2D eigenvalue weighted by molar-refractivity contribution is 0.405. The third kappa shape index (κ3) is 3.57. The second-order valence-corrected chi connectivity index (χ2v) is 5.08. The van der Waals surface area contributed by atoms with Gasteiger partial charge in [0.05, 0.1) is 5.69 Å². The van der Waals surface area contributed by atoms with Gasteiger partial charge in [-0.25, -0.2) is 4.98 Å². The lowest BCUT2D eigenvalue weighted by Crippen LogP contribution is -2.54. The summed E-state index contributed by atoms with van der Waals surface area (Å²) in [7, 11) is 0. The molecule has 1 aliphatic rings. The highest BCUT2D eigenvalue weighted by molar-refractivity contribution is 5.85. The second kappa shape index (κ2) is 6.36. The molecule has 3 N–H and O–H groups in total. The van der Waals surface area contributed by atoms with Crippen LogP contribution in [0.25, 0.3) is 0 Å². The minimum absolute atomic E-state index is 0. The zero-order valence-corrected chi connectivity index (χ0v) is 12.1. The summed E-state index contributed by atoms with van der Waals surface area (Å²) < 4.78 is 0. The summed E-state index contributed by atoms with van der Waals surface area (Å²) in [6.07, 6.45) is 0. The van der Waals surface area contributed by atoms with Gasteiger partial charge in [0.15, 0.2) is 0 Å². The minimum atomic E-state index is -0.00675. The first-order valence-corrected chi connectivity index (χ1v) is 6.30. The lowest BCUT2D eigenvalue weighted by atomic mass is 10.1. The largest absolute Gasteiger partial charge is 0.354 e. The molecule has 3 atom stereocenters. The Morgan fingerprint density at radius 1 is 1.33 bits per heavy atom. The van der Waals surface area contributed by atoms with Gasteiger partial charge in [0.2, 0.25) is 0 Å². The van der Waals surface area contributed by atoms with Gasteiger partial charge in [-0.2, -0.15) is 0 Å². The summed E-state index contributed by atoms with van der Waals surface area (Å²) in [5, 5.41) is 3.52. The molecule has 1 fully saturated rings. The van der Waals surface area contributed by atoms with Crippen molar-refractivity contribution in [2.75, 3.05) is 18.0 Å². The molecule has 4 nitrogen and oxygen atoms in total. The van der Waals surface area contributed by atoms with Crippen molar-refractivity contribution < 1.29 is 0 Å². The molecule has 0 unspecified atom stereocenters. The zero-order valence-electron chi connectivity index (χ0n) is 11.3. The van der Waals surface area contributed by atoms with E-state index < -0.39 is 0 Å². The molecule has 5 heteroatoms. The first kappa shape index (κ1) is 15.2. The van der Waals surface area contributed by atoms with Crippen molar-refractivity contribution >= 4 is 18.2 Å². The van der Waals surface area contributed by atoms with Crippen molar-refractivity contribution in [2.45, 2.75) is 38.9 Å². The van der Waals surface area contributed by atoms with E-state index in [-0.39, 0.29) is 18.4 Å². The maximum absolute atomic E-state index is 5.87. The van der Waals surface area contributed by atoms with Crippen molar-refractivity contribution in [3.8, 4) is 0 Å². The number of piperazine rings is 1. The van der Waals surface area contributed by atoms with Crippen molar-refractivity contribution in [2.24, 2.45) is 5.73 Å². The predicted molar refractivity (Wildman–Crippen MR) is 78.4 cm³/mol. The van der Waals surface area contributed by atoms with Gasteiger partial charge in [-0.05, 0) is 32.9 Å². The number of anilines is 1. The Kier molecular flexibility index (Phi) is 5.38. The summed E-state index contributed by atoms with van der Waals surface area (Å²) >= 11 is 0. The molecule has 0 saturated carbocycles. The number of hydrogen-bond donors (Lipinski definition) is 2. The maximum Gasteiger partial charge on any atom is 0.128 e. The molecule has 2 heterocycles. The van der Waals surface area contributed by atoms with Crippen molar-refractivity contribution in [1.82, 2.24) is 10.3 Å². The smallest absolute Gasteiger partial charge is 0.128 e. The van der Waals surface area contributed by atoms with Gasteiger partial charge in [-0.1, -0.05) is 6.07 Å². The summed E-state index contributed by atoms with van der Waals surface area (Å²) in [6.45, 7) is 8.38. The molecule has 1 aromatic rings. The van der Waals surface area contributed by atoms with Crippen LogP contribution in [0.4, 0.5) is 5.82 Å². The highest BCUT2D eigenvalue weighted by atomic mass is 35.5. The molecule has 0 aliphatic carbocycles. The third-order valence-electron chi connectivity index (χ3n) is 3.10. The van der Waals surface area contributed by atoms with Gasteiger partial charge in [0, 0.05) is 31.2 Å². The Morgan fingerprint density at radius 3 is 2.50 bits per heavy atom. The normalized spacial score (nSPS) is 25.4. The van der Waals surface area contributed by atoms with Gasteiger partial charge in [-0.15, -0.1) is 12.4 Å². The van der Waals surface area contributed by atoms with Gasteiger partial charge in [0.25, 0.3) is 0 Å². The number of nitrogens with one attached hydrogen (secondary N) is 1. The molecule has 0 bridgehead atoms. The molecular weight excluding hydrogens is 248 g/mol. The Balaban J connectivity index is 0.00000162. The summed E-state index contributed by atoms with van der Waals surface area (Å²) in [4.78, 5) is 6.97. The highest BCUT2D eigenvalue weighted by Gasteiger charge is 2.22. The van der Waals surface area contributed by atoms with E-state index in [9.17, 15) is 0 Å². The van der Waals surface area contributed by atoms with Crippen LogP contribution in [-0.4, -0.2) is 30.2 Å². The summed E-state index contributed by atoms with van der Waals surface area (Å²) in [5.74, 6) is 1.04. The van der Waals surface area contributed by atoms with E-state index in [0.29, 0.717) is 12.1 Å². The van der Waals surface area contributed by atoms with E-state index in [2.05, 4.69) is 35.1 Å². The highest BCUT2D eigenvalue weighted by Crippen LogP contribution is 2.17. The topological polar surface area (TPSA) is 54.2 Å². The molecule has 102 valence electrons. The quantitative estimate of drug-likeness (QED) is 0.859. The third-order valence-corrected chi connectivity index (χ3v) is 3.10. The van der Waals surface area contributed by atoms with Crippen LogP contribution in [-0.2, 0) is 0 Å². The first-order chi connectivity index (χ1) is 8.06. The van der Waals surface area contributed by atoms with Crippen molar-refractivity contribution in [3.63, 3.8) is 0 Å². The van der Waals surface area contributed by atoms with E-state index in [1.54, 1.807) is 0 Å². The molecule has 0 aromatic carbocycles. The fourth-order valence-electron chi connectivity index (χ4n) is 2.38. The van der Waals surface area contributed by atoms with Crippen LogP contribution in [0.5, 0.6) is 0 Å². The molecule has 0 amide bonds. The standard InChI is InChI=1S/C13H22N4.ClH/c1-9-7-17(8-10(2)15-9)13-6-4-5-12(16-13)11(3)14;/h4-6,9-11,15H,7-8,14H2,1-3H3;1H/t9-,10+,11-;/m0./s1. The Labute approximate surface area is 115 Å². The molecule has 18 heavy (non-hydrogen) atoms. The fraction of sp³-hybridized carbons (Fsp3) is 0.615. The fourth-order valence-corrected chi connectivity index (χ4v) is 2.38. The molecular formula is C13H23ClN4. The predicted octanol–water partition coefficient (Wildman–Crippen LogP) is 1.71. The Hall–Kier alpha value is -0.840. The number of hydrogen-bond acceptors (Lipinski definition) is 4. The summed E-state index contributed by atoms with van der Waals surface area (Å²) in [5.41, 5.74) is 6.83. The number of aromatic nitrogens is 1. The van der Waals surface area contributed by atoms with Crippen LogP contribution < -0.4 is 16.0 Å². The molecule has 0 spiro atoms. The van der Waals surface area contributed by atoms with E-state index in [1.165, 1.54) is 0 Å². The van der Waals surface area contributed by atoms with Gasteiger partial charge >= 0.3 is 0 Å². The zero-order chi connectivity index (χ0) is 12.4. The van der Waals surface area contributed by atoms with Gasteiger partial charge in [0.1, 0.15) is 5.82 Å². The summed E-state index contributed by atoms with van der Waals surface area (Å²) in [6, 6.07) is 7.09. The monoisotopic (exact) mass is 270 g/mol. The lowest BCUT2D eigenvalue weighted by Gasteiger charge is -2.37. The van der Waals surface area contributed by atoms with Gasteiger partial charge in [-0.3, -0.25) is 0 Å². The van der Waals surface area contributed by atoms with Crippen molar-refractivity contribution in [1.29, 1.82) is 0 Å². The van der Waals surface area contributed by atoms with Crippen LogP contribution in [0.1, 0.15) is 32.5 Å². The average Bonchev–Trinajstić information content (AvgIpc) is 2.28. The van der Waals surface area contributed by atoms with Crippen LogP contribution in [0, 0.1) is 0 Å². The molecule has 1 aromatic heterocycles. The number of pyridine rings is 1. The Morgan fingerprint density at radius 2 is 1.94 bits per heavy atom. The van der Waals surface area contributed by atoms with Crippen molar-refractivity contribution in [3.05, 3.63) is 23.9 Å². The minimum Gasteiger partial charge on any atom is -0.354 e. The van der Waals surface area contributed by atoms with E-state index >= 15 is 0 Å². The number of halogens is 1. The average molecular weight is 271 g/mol. The van der Waals surface area contributed by atoms with Gasteiger partial charge < -0.3 is 16.0 Å². The molecule has 2 rings (SSSR count). The number of nitrogens with zero attached hydrogens (tertiary/aromatic N) is 2. The van der Waals surface area contributed by atoms with Crippen LogP contribution in [0.3, 0.4) is 0 Å². The SMILES string of the molecule is C[C@@H]1CN(c2cccc([C@H](C)N)n2)C[C@H](C)N1.Cl. The number of nitrogens with two attached hydrogens (primary N) is 1. The van der Waals surface area contributed by atoms with Crippen LogP contribution in [0.2, 0.25) is 0 Å². The molecule has 0 radical (unpaired) electrons. The second-order valence-electron chi connectivity index (χ2n) is 5.08. The van der Waals surface area contributed by atoms with E-state index in [1.807, 2.05) is 19.1 Å². The Bertz CT molecular complexity index is 373. The number of rotatable bonds is 2. The van der Waals surface area contributed by atoms with E-state index in [4.69, 9.17) is 5.73 Å².